The highest BCUT2D eigenvalue weighted by Gasteiger charge is 2.32. The van der Waals surface area contributed by atoms with E-state index in [-0.39, 0.29) is 4.90 Å². The van der Waals surface area contributed by atoms with Crippen LogP contribution in [0.4, 0.5) is 4.39 Å². The molecule has 2 nitrogen and oxygen atoms in total. The zero-order valence-electron chi connectivity index (χ0n) is 5.18. The average Bonchev–Trinajstić information content (AvgIpc) is 2.34. The molecule has 0 radical (unpaired) electrons. The molecule has 1 aromatic rings. The molecule has 11 heavy (non-hydrogen) atoms. The van der Waals surface area contributed by atoms with Crippen LogP contribution in [-0.2, 0) is 10.8 Å². The fourth-order valence-corrected chi connectivity index (χ4v) is 1.73. The van der Waals surface area contributed by atoms with Crippen molar-refractivity contribution in [2.45, 2.75) is 8.81 Å². The first-order chi connectivity index (χ1) is 5.02. The van der Waals surface area contributed by atoms with E-state index in [9.17, 15) is 8.60 Å². The predicted molar refractivity (Wildman–Crippen MR) is 42.7 cm³/mol. The van der Waals surface area contributed by atoms with E-state index in [2.05, 4.69) is 4.98 Å². The van der Waals surface area contributed by atoms with Gasteiger partial charge in [-0.3, -0.25) is 0 Å². The van der Waals surface area contributed by atoms with Gasteiger partial charge in [-0.1, -0.05) is 23.2 Å². The van der Waals surface area contributed by atoms with Crippen molar-refractivity contribution in [1.82, 2.24) is 4.98 Å². The summed E-state index contributed by atoms with van der Waals surface area (Å²) in [5, 5.41) is 0. The number of aromatic amines is 1. The predicted octanol–water partition coefficient (Wildman–Crippen LogP) is 2.18. The van der Waals surface area contributed by atoms with Crippen molar-refractivity contribution in [3.63, 3.8) is 0 Å². The molecule has 1 atom stereocenters. The molecule has 0 spiro atoms. The van der Waals surface area contributed by atoms with Crippen molar-refractivity contribution < 1.29 is 8.60 Å². The minimum Gasteiger partial charge on any atom is -0.367 e. The zero-order valence-corrected chi connectivity index (χ0v) is 7.51. The first-order valence-corrected chi connectivity index (χ1v) is 4.54. The molecule has 1 unspecified atom stereocenters. The highest BCUT2D eigenvalue weighted by Crippen LogP contribution is 2.31. The molecule has 0 aromatic carbocycles. The summed E-state index contributed by atoms with van der Waals surface area (Å²) in [6.07, 6.45) is 2.88. The summed E-state index contributed by atoms with van der Waals surface area (Å²) < 4.78 is 20.8. The van der Waals surface area contributed by atoms with Crippen LogP contribution in [-0.4, -0.2) is 13.1 Å². The minimum absolute atomic E-state index is 0.234. The number of nitrogens with one attached hydrogen (secondary N) is 1. The Balaban J connectivity index is 2.88. The van der Waals surface area contributed by atoms with Crippen molar-refractivity contribution >= 4 is 34.0 Å². The van der Waals surface area contributed by atoms with Crippen LogP contribution in [0.3, 0.4) is 0 Å². The van der Waals surface area contributed by atoms with Crippen LogP contribution in [0.1, 0.15) is 0 Å². The Morgan fingerprint density at radius 2 is 2.27 bits per heavy atom. The Hall–Kier alpha value is -0.0600. The maximum Gasteiger partial charge on any atom is 0.337 e. The molecule has 0 saturated heterocycles. The number of halogens is 3. The molecule has 1 heterocycles. The number of rotatable bonds is 2. The van der Waals surface area contributed by atoms with E-state index in [0.29, 0.717) is 0 Å². The largest absolute Gasteiger partial charge is 0.367 e. The molecule has 0 aliphatic carbocycles. The fraction of sp³-hybridized carbons (Fsp3) is 0.200. The number of hydrogen-bond donors (Lipinski definition) is 1. The van der Waals surface area contributed by atoms with Crippen LogP contribution in [0, 0.1) is 0 Å². The summed E-state index contributed by atoms with van der Waals surface area (Å²) in [4.78, 5) is 2.84. The standard InChI is InChI=1S/C5H4Cl2FNOS/c6-5(7,8)11(10)4-1-2-9-3-4/h1-3,9H. The van der Waals surface area contributed by atoms with Crippen LogP contribution in [0.15, 0.2) is 23.4 Å². The molecule has 1 aromatic heterocycles. The van der Waals surface area contributed by atoms with E-state index in [4.69, 9.17) is 23.2 Å². The first-order valence-electron chi connectivity index (χ1n) is 2.63. The van der Waals surface area contributed by atoms with E-state index >= 15 is 0 Å². The van der Waals surface area contributed by atoms with E-state index < -0.39 is 14.7 Å². The Morgan fingerprint density at radius 1 is 1.64 bits per heavy atom. The van der Waals surface area contributed by atoms with Crippen LogP contribution in [0.2, 0.25) is 0 Å². The molecular formula is C5H4Cl2FNOS. The van der Waals surface area contributed by atoms with Crippen LogP contribution in [0.5, 0.6) is 0 Å². The second-order valence-electron chi connectivity index (χ2n) is 1.76. The van der Waals surface area contributed by atoms with Crippen molar-refractivity contribution in [1.29, 1.82) is 0 Å². The van der Waals surface area contributed by atoms with Crippen molar-refractivity contribution in [3.8, 4) is 0 Å². The molecular weight excluding hydrogens is 212 g/mol. The van der Waals surface area contributed by atoms with Gasteiger partial charge in [0.1, 0.15) is 10.8 Å². The zero-order chi connectivity index (χ0) is 8.48. The maximum atomic E-state index is 12.6. The van der Waals surface area contributed by atoms with Crippen LogP contribution in [0.25, 0.3) is 0 Å². The van der Waals surface area contributed by atoms with Gasteiger partial charge in [0, 0.05) is 12.4 Å². The third-order valence-corrected chi connectivity index (χ3v) is 2.94. The van der Waals surface area contributed by atoms with Crippen molar-refractivity contribution in [2.24, 2.45) is 0 Å². The van der Waals surface area contributed by atoms with Gasteiger partial charge in [-0.25, -0.2) is 4.21 Å². The quantitative estimate of drug-likeness (QED) is 0.755. The third-order valence-electron chi connectivity index (χ3n) is 0.994. The van der Waals surface area contributed by atoms with E-state index in [1.54, 1.807) is 0 Å². The molecule has 0 fully saturated rings. The lowest BCUT2D eigenvalue weighted by atomic mass is 10.7. The molecule has 0 aliphatic rings. The van der Waals surface area contributed by atoms with Crippen LogP contribution < -0.4 is 0 Å². The van der Waals surface area contributed by atoms with E-state index in [1.807, 2.05) is 0 Å². The molecule has 0 amide bonds. The topological polar surface area (TPSA) is 32.9 Å². The number of alkyl halides is 3. The Kier molecular flexibility index (Phi) is 2.57. The Labute approximate surface area is 75.2 Å². The molecule has 1 rings (SSSR count). The molecule has 0 saturated carbocycles. The molecule has 1 N–H and O–H groups in total. The number of H-pyrrole nitrogens is 1. The third kappa shape index (κ3) is 2.18. The summed E-state index contributed by atoms with van der Waals surface area (Å²) in [7, 11) is -2.04. The van der Waals surface area contributed by atoms with Gasteiger partial charge in [0.05, 0.1) is 4.90 Å². The van der Waals surface area contributed by atoms with Crippen molar-refractivity contribution in [3.05, 3.63) is 18.5 Å². The molecule has 0 bridgehead atoms. The van der Waals surface area contributed by atoms with Gasteiger partial charge in [0.25, 0.3) is 0 Å². The Morgan fingerprint density at radius 3 is 2.64 bits per heavy atom. The van der Waals surface area contributed by atoms with Gasteiger partial charge in [0.15, 0.2) is 0 Å². The average molecular weight is 216 g/mol. The second-order valence-corrected chi connectivity index (χ2v) is 5.02. The normalized spacial score (nSPS) is 14.8. The lowest BCUT2D eigenvalue weighted by Gasteiger charge is -2.05. The summed E-state index contributed by atoms with van der Waals surface area (Å²) in [5.41, 5.74) is 0. The molecule has 0 aliphatic heterocycles. The van der Waals surface area contributed by atoms with Crippen LogP contribution >= 0.6 is 23.2 Å². The fourth-order valence-electron chi connectivity index (χ4n) is 0.558. The van der Waals surface area contributed by atoms with Crippen molar-refractivity contribution in [2.75, 3.05) is 0 Å². The number of aromatic nitrogens is 1. The van der Waals surface area contributed by atoms with E-state index in [1.165, 1.54) is 18.5 Å². The summed E-state index contributed by atoms with van der Waals surface area (Å²) >= 11 is 9.92. The first kappa shape index (κ1) is 9.03. The highest BCUT2D eigenvalue weighted by molar-refractivity contribution is 7.89. The minimum atomic E-state index is -2.72. The molecule has 6 heteroatoms. The molecule has 62 valence electrons. The second kappa shape index (κ2) is 3.13. The maximum absolute atomic E-state index is 12.6. The summed E-state index contributed by atoms with van der Waals surface area (Å²) in [6.45, 7) is 0. The SMILES string of the molecule is O=S(c1cc[nH]c1)C(F)(Cl)Cl. The monoisotopic (exact) mass is 215 g/mol. The summed E-state index contributed by atoms with van der Waals surface area (Å²) in [6, 6.07) is 1.44. The lowest BCUT2D eigenvalue weighted by molar-refractivity contribution is 0.497. The van der Waals surface area contributed by atoms with Gasteiger partial charge in [-0.05, 0) is 6.07 Å². The van der Waals surface area contributed by atoms with E-state index in [0.717, 1.165) is 0 Å². The highest BCUT2D eigenvalue weighted by atomic mass is 35.5. The lowest BCUT2D eigenvalue weighted by Crippen LogP contribution is -2.12. The van der Waals surface area contributed by atoms with Gasteiger partial charge in [-0.2, -0.15) is 4.39 Å². The Bertz CT molecular complexity index is 256. The summed E-state index contributed by atoms with van der Waals surface area (Å²) in [5.74, 6) is 0. The number of hydrogen-bond acceptors (Lipinski definition) is 1. The van der Waals surface area contributed by atoms with Gasteiger partial charge in [0.2, 0.25) is 0 Å². The van der Waals surface area contributed by atoms with Gasteiger partial charge < -0.3 is 4.98 Å². The smallest absolute Gasteiger partial charge is 0.337 e. The van der Waals surface area contributed by atoms with Gasteiger partial charge in [-0.15, -0.1) is 0 Å². The van der Waals surface area contributed by atoms with Gasteiger partial charge >= 0.3 is 3.92 Å².